The summed E-state index contributed by atoms with van der Waals surface area (Å²) in [6.45, 7) is 6.50. The molecule has 144 valence electrons. The van der Waals surface area contributed by atoms with Crippen molar-refractivity contribution in [2.24, 2.45) is 0 Å². The summed E-state index contributed by atoms with van der Waals surface area (Å²) in [6.07, 6.45) is 0.0285. The van der Waals surface area contributed by atoms with E-state index >= 15 is 0 Å². The van der Waals surface area contributed by atoms with E-state index in [0.29, 0.717) is 18.7 Å². The monoisotopic (exact) mass is 369 g/mol. The van der Waals surface area contributed by atoms with Gasteiger partial charge in [0, 0.05) is 6.54 Å². The zero-order valence-electron chi connectivity index (χ0n) is 16.1. The van der Waals surface area contributed by atoms with E-state index in [2.05, 4.69) is 5.32 Å². The minimum atomic E-state index is -0.850. The number of carbonyl (C=O) groups excluding carboxylic acids is 2. The first-order valence-electron chi connectivity index (χ1n) is 9.19. The molecule has 5 nitrogen and oxygen atoms in total. The number of hydrogen-bond acceptors (Lipinski definition) is 4. The molecule has 2 rings (SSSR count). The van der Waals surface area contributed by atoms with Gasteiger partial charge < -0.3 is 14.8 Å². The SMILES string of the molecule is CC(C)OCc1ccc(C(=O)O[C@@H](C)C(=O)NCCc2ccccc2)cc1. The molecule has 0 fully saturated rings. The summed E-state index contributed by atoms with van der Waals surface area (Å²) in [5.41, 5.74) is 2.53. The first-order chi connectivity index (χ1) is 13.0. The molecule has 0 spiro atoms. The molecular formula is C22H27NO4. The predicted octanol–water partition coefficient (Wildman–Crippen LogP) is 3.52. The lowest BCUT2D eigenvalue weighted by Gasteiger charge is -2.14. The molecule has 27 heavy (non-hydrogen) atoms. The van der Waals surface area contributed by atoms with Gasteiger partial charge in [-0.1, -0.05) is 42.5 Å². The second-order valence-corrected chi connectivity index (χ2v) is 6.63. The van der Waals surface area contributed by atoms with Crippen molar-refractivity contribution < 1.29 is 19.1 Å². The van der Waals surface area contributed by atoms with Gasteiger partial charge >= 0.3 is 5.97 Å². The Morgan fingerprint density at radius 2 is 1.59 bits per heavy atom. The fourth-order valence-electron chi connectivity index (χ4n) is 2.40. The normalized spacial score (nSPS) is 11.9. The molecular weight excluding hydrogens is 342 g/mol. The summed E-state index contributed by atoms with van der Waals surface area (Å²) < 4.78 is 10.8. The topological polar surface area (TPSA) is 64.6 Å². The number of ether oxygens (including phenoxy) is 2. The van der Waals surface area contributed by atoms with Crippen LogP contribution in [0.4, 0.5) is 0 Å². The fourth-order valence-corrected chi connectivity index (χ4v) is 2.40. The Morgan fingerprint density at radius 1 is 0.926 bits per heavy atom. The molecule has 0 aliphatic rings. The Labute approximate surface area is 160 Å². The molecule has 0 saturated heterocycles. The van der Waals surface area contributed by atoms with Crippen molar-refractivity contribution >= 4 is 11.9 Å². The van der Waals surface area contributed by atoms with Crippen molar-refractivity contribution in [2.45, 2.75) is 46.0 Å². The third-order valence-corrected chi connectivity index (χ3v) is 3.98. The van der Waals surface area contributed by atoms with E-state index in [1.165, 1.54) is 0 Å². The Balaban J connectivity index is 1.77. The van der Waals surface area contributed by atoms with Crippen molar-refractivity contribution in [3.05, 3.63) is 71.3 Å². The van der Waals surface area contributed by atoms with Gasteiger partial charge in [-0.2, -0.15) is 0 Å². The second-order valence-electron chi connectivity index (χ2n) is 6.63. The molecule has 1 amide bonds. The van der Waals surface area contributed by atoms with Gasteiger partial charge in [-0.15, -0.1) is 0 Å². The quantitative estimate of drug-likeness (QED) is 0.687. The van der Waals surface area contributed by atoms with Gasteiger partial charge in [0.1, 0.15) is 0 Å². The number of amides is 1. The van der Waals surface area contributed by atoms with Crippen LogP contribution in [0.5, 0.6) is 0 Å². The maximum atomic E-state index is 12.2. The smallest absolute Gasteiger partial charge is 0.338 e. The predicted molar refractivity (Wildman–Crippen MR) is 104 cm³/mol. The zero-order valence-corrected chi connectivity index (χ0v) is 16.1. The minimum Gasteiger partial charge on any atom is -0.449 e. The van der Waals surface area contributed by atoms with Crippen LogP contribution in [0, 0.1) is 0 Å². The standard InChI is InChI=1S/C22H27NO4/c1-16(2)26-15-19-9-11-20(12-10-19)22(25)27-17(3)21(24)23-14-13-18-7-5-4-6-8-18/h4-12,16-17H,13-15H2,1-3H3,(H,23,24)/t17-/m0/s1. The molecule has 1 atom stereocenters. The summed E-state index contributed by atoms with van der Waals surface area (Å²) in [7, 11) is 0. The largest absolute Gasteiger partial charge is 0.449 e. The van der Waals surface area contributed by atoms with Crippen LogP contribution in [0.25, 0.3) is 0 Å². The van der Waals surface area contributed by atoms with Crippen LogP contribution in [-0.4, -0.2) is 30.6 Å². The zero-order chi connectivity index (χ0) is 19.6. The Bertz CT molecular complexity index is 726. The van der Waals surface area contributed by atoms with Crippen LogP contribution < -0.4 is 5.32 Å². The van der Waals surface area contributed by atoms with E-state index in [-0.39, 0.29) is 12.0 Å². The van der Waals surface area contributed by atoms with Gasteiger partial charge in [-0.25, -0.2) is 4.79 Å². The van der Waals surface area contributed by atoms with Crippen LogP contribution in [-0.2, 0) is 27.3 Å². The third kappa shape index (κ3) is 7.23. The maximum absolute atomic E-state index is 12.2. The van der Waals surface area contributed by atoms with E-state index in [1.807, 2.05) is 56.3 Å². The van der Waals surface area contributed by atoms with Crippen LogP contribution in [0.2, 0.25) is 0 Å². The van der Waals surface area contributed by atoms with Crippen molar-refractivity contribution in [3.8, 4) is 0 Å². The molecule has 0 radical (unpaired) electrons. The van der Waals surface area contributed by atoms with Gasteiger partial charge in [0.15, 0.2) is 6.10 Å². The van der Waals surface area contributed by atoms with Gasteiger partial charge in [0.25, 0.3) is 5.91 Å². The first-order valence-corrected chi connectivity index (χ1v) is 9.19. The number of hydrogen-bond donors (Lipinski definition) is 1. The first kappa shape index (κ1) is 20.6. The van der Waals surface area contributed by atoms with Crippen molar-refractivity contribution in [2.75, 3.05) is 6.54 Å². The summed E-state index contributed by atoms with van der Waals surface area (Å²) >= 11 is 0. The van der Waals surface area contributed by atoms with Crippen LogP contribution >= 0.6 is 0 Å². The molecule has 0 aromatic heterocycles. The Hall–Kier alpha value is -2.66. The third-order valence-electron chi connectivity index (χ3n) is 3.98. The summed E-state index contributed by atoms with van der Waals surface area (Å²) in [5, 5.41) is 2.79. The van der Waals surface area contributed by atoms with Crippen LogP contribution in [0.1, 0.15) is 42.3 Å². The van der Waals surface area contributed by atoms with E-state index in [9.17, 15) is 9.59 Å². The molecule has 0 bridgehead atoms. The van der Waals surface area contributed by atoms with E-state index in [4.69, 9.17) is 9.47 Å². The number of carbonyl (C=O) groups is 2. The lowest BCUT2D eigenvalue weighted by atomic mass is 10.1. The Kier molecular flexibility index (Phi) is 8.01. The molecule has 0 saturated carbocycles. The highest BCUT2D eigenvalue weighted by Gasteiger charge is 2.18. The molecule has 0 heterocycles. The average molecular weight is 369 g/mol. The molecule has 0 aliphatic heterocycles. The lowest BCUT2D eigenvalue weighted by Crippen LogP contribution is -2.36. The van der Waals surface area contributed by atoms with Crippen molar-refractivity contribution in [1.82, 2.24) is 5.32 Å². The van der Waals surface area contributed by atoms with E-state index in [0.717, 1.165) is 17.5 Å². The molecule has 0 unspecified atom stereocenters. The van der Waals surface area contributed by atoms with Gasteiger partial charge in [-0.05, 0) is 50.5 Å². The van der Waals surface area contributed by atoms with E-state index in [1.54, 1.807) is 19.1 Å². The summed E-state index contributed by atoms with van der Waals surface area (Å²) in [6, 6.07) is 16.9. The molecule has 2 aromatic rings. The second kappa shape index (κ2) is 10.5. The number of rotatable bonds is 9. The molecule has 1 N–H and O–H groups in total. The number of nitrogens with one attached hydrogen (secondary N) is 1. The highest BCUT2D eigenvalue weighted by atomic mass is 16.5. The maximum Gasteiger partial charge on any atom is 0.338 e. The van der Waals surface area contributed by atoms with Crippen molar-refractivity contribution in [1.29, 1.82) is 0 Å². The fraction of sp³-hybridized carbons (Fsp3) is 0.364. The number of esters is 1. The van der Waals surface area contributed by atoms with Crippen LogP contribution in [0.15, 0.2) is 54.6 Å². The van der Waals surface area contributed by atoms with Gasteiger partial charge in [0.05, 0.1) is 18.3 Å². The van der Waals surface area contributed by atoms with E-state index < -0.39 is 12.1 Å². The lowest BCUT2D eigenvalue weighted by molar-refractivity contribution is -0.129. The van der Waals surface area contributed by atoms with Gasteiger partial charge in [-0.3, -0.25) is 4.79 Å². The Morgan fingerprint density at radius 3 is 2.22 bits per heavy atom. The molecule has 2 aromatic carbocycles. The summed E-state index contributed by atoms with van der Waals surface area (Å²) in [4.78, 5) is 24.3. The number of benzene rings is 2. The summed E-state index contributed by atoms with van der Waals surface area (Å²) in [5.74, 6) is -0.821. The minimum absolute atomic E-state index is 0.149. The van der Waals surface area contributed by atoms with Crippen LogP contribution in [0.3, 0.4) is 0 Å². The highest BCUT2D eigenvalue weighted by Crippen LogP contribution is 2.09. The average Bonchev–Trinajstić information content (AvgIpc) is 2.67. The molecule has 5 heteroatoms. The molecule has 0 aliphatic carbocycles. The van der Waals surface area contributed by atoms with Gasteiger partial charge in [0.2, 0.25) is 0 Å². The van der Waals surface area contributed by atoms with Crippen molar-refractivity contribution in [3.63, 3.8) is 0 Å². The highest BCUT2D eigenvalue weighted by molar-refractivity contribution is 5.92.